The fraction of sp³-hybridized carbons (Fsp3) is 0.391. The normalized spacial score (nSPS) is 18.2. The van der Waals surface area contributed by atoms with Crippen molar-refractivity contribution in [1.29, 1.82) is 0 Å². The molecular weight excluding hydrogens is 482 g/mol. The smallest absolute Gasteiger partial charge is 0.279 e. The van der Waals surface area contributed by atoms with Gasteiger partial charge in [0.2, 0.25) is 10.0 Å². The quantitative estimate of drug-likeness (QED) is 0.498. The van der Waals surface area contributed by atoms with Crippen molar-refractivity contribution in [3.63, 3.8) is 0 Å². The van der Waals surface area contributed by atoms with Crippen molar-refractivity contribution < 1.29 is 17.9 Å². The number of nitrogens with zero attached hydrogens (tertiary/aromatic N) is 3. The maximum absolute atomic E-state index is 13.0. The van der Waals surface area contributed by atoms with E-state index in [1.54, 1.807) is 17.5 Å². The summed E-state index contributed by atoms with van der Waals surface area (Å²) < 4.78 is 35.7. The second-order valence-electron chi connectivity index (χ2n) is 8.04. The van der Waals surface area contributed by atoms with E-state index in [0.717, 1.165) is 29.5 Å². The summed E-state index contributed by atoms with van der Waals surface area (Å²) in [4.78, 5) is 18.0. The van der Waals surface area contributed by atoms with Crippen LogP contribution >= 0.6 is 22.9 Å². The number of rotatable bonds is 6. The molecule has 2 heterocycles. The molecule has 33 heavy (non-hydrogen) atoms. The van der Waals surface area contributed by atoms with E-state index < -0.39 is 15.9 Å². The van der Waals surface area contributed by atoms with Crippen LogP contribution in [0.1, 0.15) is 36.5 Å². The monoisotopic (exact) mass is 507 g/mol. The van der Waals surface area contributed by atoms with Crippen LogP contribution in [0.25, 0.3) is 10.2 Å². The Morgan fingerprint density at radius 2 is 1.97 bits per heavy atom. The zero-order valence-electron chi connectivity index (χ0n) is 18.5. The SMILES string of the molecule is COCCn1c(=NC(=O)c2ccc(S(=O)(=O)N3CCCCC3C)cc2)sc2cc(Cl)ccc21. The fourth-order valence-electron chi connectivity index (χ4n) is 4.02. The number of carbonyl (C=O) groups is 1. The number of methoxy groups -OCH3 is 1. The Bertz CT molecular complexity index is 1330. The lowest BCUT2D eigenvalue weighted by Gasteiger charge is -2.32. The molecule has 1 aliphatic rings. The molecule has 0 aliphatic carbocycles. The Kier molecular flexibility index (Phi) is 7.35. The summed E-state index contributed by atoms with van der Waals surface area (Å²) >= 11 is 7.50. The van der Waals surface area contributed by atoms with Gasteiger partial charge < -0.3 is 9.30 Å². The van der Waals surface area contributed by atoms with Crippen LogP contribution in [0.2, 0.25) is 5.02 Å². The first-order chi connectivity index (χ1) is 15.8. The van der Waals surface area contributed by atoms with Crippen LogP contribution in [0.5, 0.6) is 0 Å². The molecule has 0 N–H and O–H groups in total. The number of fused-ring (bicyclic) bond motifs is 1. The minimum absolute atomic E-state index is 0.0240. The minimum Gasteiger partial charge on any atom is -0.383 e. The van der Waals surface area contributed by atoms with E-state index in [4.69, 9.17) is 16.3 Å². The highest BCUT2D eigenvalue weighted by atomic mass is 35.5. The van der Waals surface area contributed by atoms with Gasteiger partial charge in [0.1, 0.15) is 0 Å². The Morgan fingerprint density at radius 1 is 1.21 bits per heavy atom. The molecule has 1 aliphatic heterocycles. The number of carbonyl (C=O) groups excluding carboxylic acids is 1. The first-order valence-electron chi connectivity index (χ1n) is 10.8. The molecule has 7 nitrogen and oxygen atoms in total. The third-order valence-electron chi connectivity index (χ3n) is 5.81. The predicted octanol–water partition coefficient (Wildman–Crippen LogP) is 4.31. The highest BCUT2D eigenvalue weighted by Gasteiger charge is 2.30. The number of thiazole rings is 1. The molecule has 1 saturated heterocycles. The molecule has 10 heteroatoms. The van der Waals surface area contributed by atoms with Crippen LogP contribution in [-0.4, -0.2) is 49.5 Å². The molecule has 1 amide bonds. The number of sulfonamides is 1. The number of halogens is 1. The molecule has 0 radical (unpaired) electrons. The van der Waals surface area contributed by atoms with Crippen molar-refractivity contribution in [3.8, 4) is 0 Å². The summed E-state index contributed by atoms with van der Waals surface area (Å²) in [5.74, 6) is -0.436. The van der Waals surface area contributed by atoms with Gasteiger partial charge in [-0.2, -0.15) is 9.30 Å². The Labute approximate surface area is 202 Å². The Balaban J connectivity index is 1.64. The number of hydrogen-bond donors (Lipinski definition) is 0. The molecule has 1 atom stereocenters. The van der Waals surface area contributed by atoms with E-state index in [0.29, 0.717) is 35.1 Å². The van der Waals surface area contributed by atoms with E-state index >= 15 is 0 Å². The highest BCUT2D eigenvalue weighted by Crippen LogP contribution is 2.26. The molecule has 176 valence electrons. The predicted molar refractivity (Wildman–Crippen MR) is 130 cm³/mol. The highest BCUT2D eigenvalue weighted by molar-refractivity contribution is 7.89. The van der Waals surface area contributed by atoms with Gasteiger partial charge in [-0.1, -0.05) is 29.4 Å². The van der Waals surface area contributed by atoms with Crippen LogP contribution in [0.15, 0.2) is 52.4 Å². The van der Waals surface area contributed by atoms with Crippen molar-refractivity contribution in [3.05, 3.63) is 57.9 Å². The van der Waals surface area contributed by atoms with Gasteiger partial charge in [-0.05, 0) is 62.2 Å². The van der Waals surface area contributed by atoms with E-state index in [2.05, 4.69) is 4.99 Å². The number of hydrogen-bond acceptors (Lipinski definition) is 5. The van der Waals surface area contributed by atoms with Gasteiger partial charge in [0, 0.05) is 36.8 Å². The van der Waals surface area contributed by atoms with Gasteiger partial charge in [0.25, 0.3) is 5.91 Å². The first-order valence-corrected chi connectivity index (χ1v) is 13.4. The Morgan fingerprint density at radius 3 is 2.67 bits per heavy atom. The molecule has 0 bridgehead atoms. The molecule has 1 aromatic heterocycles. The zero-order chi connectivity index (χ0) is 23.6. The summed E-state index contributed by atoms with van der Waals surface area (Å²) in [6, 6.07) is 11.5. The van der Waals surface area contributed by atoms with Gasteiger partial charge in [-0.3, -0.25) is 4.79 Å². The third-order valence-corrected chi connectivity index (χ3v) is 9.11. The largest absolute Gasteiger partial charge is 0.383 e. The number of ether oxygens (including phenoxy) is 1. The van der Waals surface area contributed by atoms with Crippen LogP contribution in [0, 0.1) is 0 Å². The van der Waals surface area contributed by atoms with Crippen molar-refractivity contribution in [2.45, 2.75) is 43.7 Å². The number of aromatic nitrogens is 1. The van der Waals surface area contributed by atoms with Crippen LogP contribution < -0.4 is 4.80 Å². The lowest BCUT2D eigenvalue weighted by Crippen LogP contribution is -2.41. The number of benzene rings is 2. The van der Waals surface area contributed by atoms with Crippen molar-refractivity contribution in [1.82, 2.24) is 8.87 Å². The third kappa shape index (κ3) is 5.07. The van der Waals surface area contributed by atoms with Crippen LogP contribution in [0.4, 0.5) is 0 Å². The molecular formula is C23H26ClN3O4S2. The molecule has 3 aromatic rings. The van der Waals surface area contributed by atoms with Gasteiger partial charge >= 0.3 is 0 Å². The lowest BCUT2D eigenvalue weighted by atomic mass is 10.1. The van der Waals surface area contributed by atoms with E-state index in [9.17, 15) is 13.2 Å². The van der Waals surface area contributed by atoms with Crippen LogP contribution in [0.3, 0.4) is 0 Å². The summed E-state index contributed by atoms with van der Waals surface area (Å²) in [6.45, 7) is 3.47. The van der Waals surface area contributed by atoms with E-state index in [1.165, 1.54) is 35.6 Å². The Hall–Kier alpha value is -2.04. The maximum Gasteiger partial charge on any atom is 0.279 e. The van der Waals surface area contributed by atoms with Gasteiger partial charge in [0.15, 0.2) is 4.80 Å². The number of amides is 1. The summed E-state index contributed by atoms with van der Waals surface area (Å²) in [7, 11) is -1.97. The van der Waals surface area contributed by atoms with Crippen molar-refractivity contribution in [2.24, 2.45) is 4.99 Å². The summed E-state index contributed by atoms with van der Waals surface area (Å²) in [6.07, 6.45) is 2.76. The molecule has 1 unspecified atom stereocenters. The summed E-state index contributed by atoms with van der Waals surface area (Å²) in [5.41, 5.74) is 1.25. The molecule has 2 aromatic carbocycles. The number of piperidine rings is 1. The van der Waals surface area contributed by atoms with Crippen molar-refractivity contribution >= 4 is 49.1 Å². The van der Waals surface area contributed by atoms with Crippen molar-refractivity contribution in [2.75, 3.05) is 20.3 Å². The summed E-state index contributed by atoms with van der Waals surface area (Å²) in [5, 5.41) is 0.611. The molecule has 0 saturated carbocycles. The molecule has 1 fully saturated rings. The average molecular weight is 508 g/mol. The van der Waals surface area contributed by atoms with E-state index in [1.807, 2.05) is 23.6 Å². The standard InChI is InChI=1S/C23H26ClN3O4S2/c1-16-5-3-4-12-27(16)33(29,30)19-9-6-17(7-10-19)22(28)25-23-26(13-14-31-2)20-11-8-18(24)15-21(20)32-23/h6-11,15-16H,3-5,12-14H2,1-2H3. The maximum atomic E-state index is 13.0. The van der Waals surface area contributed by atoms with Gasteiger partial charge in [0.05, 0.1) is 21.7 Å². The molecule has 0 spiro atoms. The van der Waals surface area contributed by atoms with Gasteiger partial charge in [-0.15, -0.1) is 0 Å². The molecule has 4 rings (SSSR count). The fourth-order valence-corrected chi connectivity index (χ4v) is 7.05. The second-order valence-corrected chi connectivity index (χ2v) is 11.4. The zero-order valence-corrected chi connectivity index (χ0v) is 20.9. The average Bonchev–Trinajstić information content (AvgIpc) is 3.13. The second kappa shape index (κ2) is 10.1. The van der Waals surface area contributed by atoms with Gasteiger partial charge in [-0.25, -0.2) is 8.42 Å². The first kappa shape index (κ1) is 24.1. The van der Waals surface area contributed by atoms with Crippen LogP contribution in [-0.2, 0) is 21.3 Å². The lowest BCUT2D eigenvalue weighted by molar-refractivity contribution is 0.0997. The topological polar surface area (TPSA) is 81.0 Å². The van der Waals surface area contributed by atoms with E-state index in [-0.39, 0.29) is 10.9 Å². The minimum atomic E-state index is -3.59.